The van der Waals surface area contributed by atoms with Gasteiger partial charge in [-0.3, -0.25) is 14.9 Å². The molecule has 1 N–H and O–H groups in total. The quantitative estimate of drug-likeness (QED) is 0.574. The van der Waals surface area contributed by atoms with Crippen LogP contribution in [-0.2, 0) is 11.3 Å². The summed E-state index contributed by atoms with van der Waals surface area (Å²) in [5, 5.41) is 13.9. The third kappa shape index (κ3) is 4.54. The molecule has 1 amide bonds. The number of benzene rings is 2. The van der Waals surface area contributed by atoms with Gasteiger partial charge in [0, 0.05) is 30.9 Å². The van der Waals surface area contributed by atoms with E-state index in [1.54, 1.807) is 4.90 Å². The minimum absolute atomic E-state index is 0.116. The molecule has 0 aromatic heterocycles. The summed E-state index contributed by atoms with van der Waals surface area (Å²) < 4.78 is 29.3. The molecule has 9 heteroatoms. The predicted molar refractivity (Wildman–Crippen MR) is 98.4 cm³/mol. The summed E-state index contributed by atoms with van der Waals surface area (Å²) in [7, 11) is 0. The van der Waals surface area contributed by atoms with Gasteiger partial charge in [-0.2, -0.15) is 8.78 Å². The largest absolute Gasteiger partial charge is 0.427 e. The summed E-state index contributed by atoms with van der Waals surface area (Å²) in [4.78, 5) is 24.5. The average Bonchev–Trinajstić information content (AvgIpc) is 2.96. The Morgan fingerprint density at radius 1 is 1.29 bits per heavy atom. The van der Waals surface area contributed by atoms with Crippen molar-refractivity contribution >= 4 is 17.3 Å². The molecule has 1 atom stereocenters. The third-order valence-electron chi connectivity index (χ3n) is 4.50. The molecule has 0 aliphatic carbocycles. The van der Waals surface area contributed by atoms with Crippen molar-refractivity contribution in [3.05, 3.63) is 63.7 Å². The van der Waals surface area contributed by atoms with E-state index in [1.165, 1.54) is 6.07 Å². The Bertz CT molecular complexity index is 874. The van der Waals surface area contributed by atoms with Crippen molar-refractivity contribution in [3.8, 4) is 5.75 Å². The molecule has 0 radical (unpaired) electrons. The third-order valence-corrected chi connectivity index (χ3v) is 4.50. The van der Waals surface area contributed by atoms with Gasteiger partial charge in [-0.1, -0.05) is 29.8 Å². The molecule has 1 aliphatic rings. The van der Waals surface area contributed by atoms with E-state index in [9.17, 15) is 23.7 Å². The van der Waals surface area contributed by atoms with Crippen LogP contribution in [0.3, 0.4) is 0 Å². The highest BCUT2D eigenvalue weighted by Crippen LogP contribution is 2.32. The minimum Gasteiger partial charge on any atom is -0.427 e. The number of nitro groups is 1. The molecule has 0 bridgehead atoms. The van der Waals surface area contributed by atoms with Crippen LogP contribution in [0.1, 0.15) is 17.5 Å². The number of nitrogens with one attached hydrogen (secondary N) is 1. The van der Waals surface area contributed by atoms with Crippen LogP contribution in [0.5, 0.6) is 5.75 Å². The van der Waals surface area contributed by atoms with Gasteiger partial charge in [0.15, 0.2) is 0 Å². The first-order chi connectivity index (χ1) is 13.3. The van der Waals surface area contributed by atoms with Gasteiger partial charge in [-0.05, 0) is 25.0 Å². The molecular formula is C19H19F2N3O4. The maximum absolute atomic E-state index is 12.6. The van der Waals surface area contributed by atoms with Gasteiger partial charge in [0.2, 0.25) is 11.7 Å². The zero-order valence-electron chi connectivity index (χ0n) is 15.1. The second kappa shape index (κ2) is 8.20. The van der Waals surface area contributed by atoms with Crippen LogP contribution >= 0.6 is 0 Å². The number of ether oxygens (including phenoxy) is 1. The van der Waals surface area contributed by atoms with Crippen LogP contribution in [0.15, 0.2) is 42.5 Å². The highest BCUT2D eigenvalue weighted by Gasteiger charge is 2.32. The van der Waals surface area contributed by atoms with Crippen molar-refractivity contribution in [3.63, 3.8) is 0 Å². The van der Waals surface area contributed by atoms with E-state index in [1.807, 2.05) is 31.2 Å². The highest BCUT2D eigenvalue weighted by molar-refractivity contribution is 5.87. The molecule has 28 heavy (non-hydrogen) atoms. The Morgan fingerprint density at radius 3 is 2.64 bits per heavy atom. The number of nitro benzene ring substituents is 1. The highest BCUT2D eigenvalue weighted by atomic mass is 19.3. The Hall–Kier alpha value is -3.23. The van der Waals surface area contributed by atoms with Gasteiger partial charge in [-0.15, -0.1) is 0 Å². The Labute approximate surface area is 160 Å². The normalized spacial score (nSPS) is 16.5. The first kappa shape index (κ1) is 19.5. The smallest absolute Gasteiger partial charge is 0.387 e. The second-order valence-corrected chi connectivity index (χ2v) is 6.55. The number of anilines is 1. The van der Waals surface area contributed by atoms with Crippen LogP contribution in [0.4, 0.5) is 20.2 Å². The lowest BCUT2D eigenvalue weighted by Gasteiger charge is -2.18. The average molecular weight is 391 g/mol. The summed E-state index contributed by atoms with van der Waals surface area (Å²) >= 11 is 0. The maximum Gasteiger partial charge on any atom is 0.387 e. The van der Waals surface area contributed by atoms with Crippen LogP contribution in [0, 0.1) is 17.0 Å². The number of halogens is 2. The molecule has 7 nitrogen and oxygen atoms in total. The van der Waals surface area contributed by atoms with Gasteiger partial charge in [-0.25, -0.2) is 0 Å². The van der Waals surface area contributed by atoms with Gasteiger partial charge in [0.25, 0.3) is 0 Å². The van der Waals surface area contributed by atoms with Crippen LogP contribution in [-0.4, -0.2) is 34.9 Å². The predicted octanol–water partition coefficient (Wildman–Crippen LogP) is 3.72. The topological polar surface area (TPSA) is 84.7 Å². The Morgan fingerprint density at radius 2 is 2.00 bits per heavy atom. The monoisotopic (exact) mass is 391 g/mol. The number of carbonyl (C=O) groups excluding carboxylic acids is 1. The Balaban J connectivity index is 1.69. The molecule has 1 heterocycles. The fourth-order valence-electron chi connectivity index (χ4n) is 3.09. The molecule has 3 rings (SSSR count). The fourth-order valence-corrected chi connectivity index (χ4v) is 3.09. The van der Waals surface area contributed by atoms with Crippen molar-refractivity contribution in [1.29, 1.82) is 0 Å². The number of rotatable bonds is 7. The minimum atomic E-state index is -3.19. The number of nitrogens with zero attached hydrogens (tertiary/aromatic N) is 2. The second-order valence-electron chi connectivity index (χ2n) is 6.55. The number of carbonyl (C=O) groups is 1. The molecule has 2 aromatic carbocycles. The van der Waals surface area contributed by atoms with Crippen molar-refractivity contribution in [2.24, 2.45) is 0 Å². The van der Waals surface area contributed by atoms with E-state index in [0.717, 1.165) is 23.3 Å². The van der Waals surface area contributed by atoms with Crippen LogP contribution < -0.4 is 10.1 Å². The Kier molecular flexibility index (Phi) is 5.72. The number of hydrogen-bond donors (Lipinski definition) is 1. The van der Waals surface area contributed by atoms with Crippen molar-refractivity contribution in [2.45, 2.75) is 32.5 Å². The summed E-state index contributed by atoms with van der Waals surface area (Å²) in [6.45, 7) is -0.164. The van der Waals surface area contributed by atoms with E-state index in [4.69, 9.17) is 0 Å². The first-order valence-electron chi connectivity index (χ1n) is 8.67. The van der Waals surface area contributed by atoms with E-state index in [0.29, 0.717) is 25.2 Å². The SMILES string of the molecule is Cc1ccc(CN2CCC(Nc3ccc([N+](=O)[O-])c(OC(F)F)c3)C2=O)cc1. The number of amides is 1. The van der Waals surface area contributed by atoms with E-state index >= 15 is 0 Å². The first-order valence-corrected chi connectivity index (χ1v) is 8.67. The van der Waals surface area contributed by atoms with E-state index in [2.05, 4.69) is 10.1 Å². The lowest BCUT2D eigenvalue weighted by atomic mass is 10.1. The summed E-state index contributed by atoms with van der Waals surface area (Å²) in [6.07, 6.45) is 0.534. The summed E-state index contributed by atoms with van der Waals surface area (Å²) in [6, 6.07) is 10.9. The summed E-state index contributed by atoms with van der Waals surface area (Å²) in [5.74, 6) is -0.665. The lowest BCUT2D eigenvalue weighted by molar-refractivity contribution is -0.386. The molecule has 1 saturated heterocycles. The zero-order valence-corrected chi connectivity index (χ0v) is 15.1. The fraction of sp³-hybridized carbons (Fsp3) is 0.316. The van der Waals surface area contributed by atoms with E-state index in [-0.39, 0.29) is 5.91 Å². The molecule has 1 aliphatic heterocycles. The summed E-state index contributed by atoms with van der Waals surface area (Å²) in [5.41, 5.74) is 1.89. The maximum atomic E-state index is 12.6. The van der Waals surface area contributed by atoms with Gasteiger partial charge in [0.05, 0.1) is 4.92 Å². The molecule has 1 unspecified atom stereocenters. The van der Waals surface area contributed by atoms with Gasteiger partial charge < -0.3 is 15.0 Å². The standard InChI is InChI=1S/C19H19F2N3O4/c1-12-2-4-13(5-3-12)11-23-9-8-15(18(23)25)22-14-6-7-16(24(26)27)17(10-14)28-19(20)21/h2-7,10,15,19,22H,8-9,11H2,1H3. The van der Waals surface area contributed by atoms with Gasteiger partial charge in [0.1, 0.15) is 6.04 Å². The van der Waals surface area contributed by atoms with Crippen molar-refractivity contribution in [1.82, 2.24) is 4.90 Å². The van der Waals surface area contributed by atoms with Crippen LogP contribution in [0.25, 0.3) is 0 Å². The number of aryl methyl sites for hydroxylation is 1. The molecule has 0 saturated carbocycles. The number of hydrogen-bond acceptors (Lipinski definition) is 5. The zero-order chi connectivity index (χ0) is 20.3. The van der Waals surface area contributed by atoms with Crippen LogP contribution in [0.2, 0.25) is 0 Å². The molecule has 148 valence electrons. The molecule has 0 spiro atoms. The van der Waals surface area contributed by atoms with Crippen molar-refractivity contribution in [2.75, 3.05) is 11.9 Å². The van der Waals surface area contributed by atoms with E-state index < -0.39 is 29.0 Å². The van der Waals surface area contributed by atoms with Gasteiger partial charge >= 0.3 is 12.3 Å². The number of likely N-dealkylation sites (tertiary alicyclic amines) is 1. The lowest BCUT2D eigenvalue weighted by Crippen LogP contribution is -2.33. The molecular weight excluding hydrogens is 372 g/mol. The van der Waals surface area contributed by atoms with Crippen molar-refractivity contribution < 1.29 is 23.2 Å². The molecule has 2 aromatic rings. The molecule has 1 fully saturated rings. The number of alkyl halides is 2.